The number of amides is 1. The number of nitrogens with two attached hydrogens (primary N) is 1. The van der Waals surface area contributed by atoms with E-state index in [9.17, 15) is 24.5 Å². The zero-order valence-electron chi connectivity index (χ0n) is 33.7. The van der Waals surface area contributed by atoms with Crippen molar-refractivity contribution < 1.29 is 33.5 Å². The van der Waals surface area contributed by atoms with E-state index in [4.69, 9.17) is 14.8 Å². The fourth-order valence-corrected chi connectivity index (χ4v) is 7.12. The van der Waals surface area contributed by atoms with Crippen molar-refractivity contribution in [2.45, 2.75) is 218 Å². The van der Waals surface area contributed by atoms with E-state index in [-0.39, 0.29) is 19.6 Å². The molecule has 0 aliphatic rings. The van der Waals surface area contributed by atoms with Gasteiger partial charge in [0.1, 0.15) is 0 Å². The Morgan fingerprint density at radius 1 is 0.673 bits per heavy atom. The lowest BCUT2D eigenvalue weighted by atomic mass is 10.0. The van der Waals surface area contributed by atoms with Crippen LogP contribution in [0, 0.1) is 0 Å². The predicted molar refractivity (Wildman–Crippen MR) is 218 cm³/mol. The third-order valence-electron chi connectivity index (χ3n) is 9.62. The van der Waals surface area contributed by atoms with E-state index >= 15 is 0 Å². The highest BCUT2D eigenvalue weighted by Gasteiger charge is 2.28. The van der Waals surface area contributed by atoms with Crippen LogP contribution in [-0.2, 0) is 18.4 Å². The van der Waals surface area contributed by atoms with Gasteiger partial charge in [0.2, 0.25) is 5.91 Å². The average molecular weight is 759 g/mol. The molecule has 0 aromatic heterocycles. The summed E-state index contributed by atoms with van der Waals surface area (Å²) < 4.78 is 22.1. The molecule has 0 aliphatic carbocycles. The second kappa shape index (κ2) is 38.2. The van der Waals surface area contributed by atoms with Crippen LogP contribution in [-0.4, -0.2) is 59.0 Å². The Hall–Kier alpha value is -1.06. The van der Waals surface area contributed by atoms with E-state index in [1.807, 2.05) is 6.08 Å². The molecule has 9 nitrogen and oxygen atoms in total. The highest BCUT2D eigenvalue weighted by atomic mass is 31.2. The van der Waals surface area contributed by atoms with Gasteiger partial charge in [0.15, 0.2) is 0 Å². The Bertz CT molecular complexity index is 888. The molecule has 0 heterocycles. The van der Waals surface area contributed by atoms with Crippen LogP contribution in [0.1, 0.15) is 200 Å². The lowest BCUT2D eigenvalue weighted by molar-refractivity contribution is -0.124. The van der Waals surface area contributed by atoms with Crippen LogP contribution < -0.4 is 11.1 Å². The van der Waals surface area contributed by atoms with Gasteiger partial charge in [0, 0.05) is 6.54 Å². The highest BCUT2D eigenvalue weighted by Crippen LogP contribution is 2.43. The minimum Gasteiger partial charge on any atom is -0.391 e. The Morgan fingerprint density at radius 2 is 1.13 bits per heavy atom. The molecule has 6 N–H and O–H groups in total. The smallest absolute Gasteiger partial charge is 0.391 e. The molecule has 0 aromatic carbocycles. The van der Waals surface area contributed by atoms with Gasteiger partial charge in [-0.15, -0.1) is 0 Å². The van der Waals surface area contributed by atoms with Crippen molar-refractivity contribution >= 4 is 13.7 Å². The Morgan fingerprint density at radius 3 is 1.62 bits per heavy atom. The molecule has 1 amide bonds. The third-order valence-corrected chi connectivity index (χ3v) is 10.6. The number of hydrogen-bond donors (Lipinski definition) is 5. The van der Waals surface area contributed by atoms with Crippen LogP contribution in [0.5, 0.6) is 0 Å². The number of carbonyl (C=O) groups excluding carboxylic acids is 1. The van der Waals surface area contributed by atoms with Crippen LogP contribution in [0.2, 0.25) is 0 Å². The number of phosphoric acid groups is 1. The minimum atomic E-state index is -4.39. The number of nitrogens with one attached hydrogen (secondary N) is 1. The zero-order valence-corrected chi connectivity index (χ0v) is 34.6. The third kappa shape index (κ3) is 35.9. The minimum absolute atomic E-state index is 0.0520. The van der Waals surface area contributed by atoms with Crippen molar-refractivity contribution in [1.82, 2.24) is 5.32 Å². The molecule has 0 rings (SSSR count). The molecular weight excluding hydrogens is 675 g/mol. The molecular formula is C42H83N2O7P. The van der Waals surface area contributed by atoms with Gasteiger partial charge >= 0.3 is 7.82 Å². The quantitative estimate of drug-likeness (QED) is 0.0235. The van der Waals surface area contributed by atoms with Crippen molar-refractivity contribution in [3.8, 4) is 0 Å². The summed E-state index contributed by atoms with van der Waals surface area (Å²) in [6, 6.07) is -0.925. The van der Waals surface area contributed by atoms with E-state index < -0.39 is 38.6 Å². The summed E-state index contributed by atoms with van der Waals surface area (Å²) in [6.07, 6.45) is 39.7. The number of allylic oxidation sites excluding steroid dienone is 3. The maximum atomic E-state index is 12.8. The fourth-order valence-electron chi connectivity index (χ4n) is 6.36. The average Bonchev–Trinajstić information content (AvgIpc) is 3.12. The Kier molecular flexibility index (Phi) is 37.4. The maximum absolute atomic E-state index is 12.8. The van der Waals surface area contributed by atoms with E-state index in [0.717, 1.165) is 25.7 Å². The first-order chi connectivity index (χ1) is 25.3. The van der Waals surface area contributed by atoms with E-state index in [1.165, 1.54) is 141 Å². The summed E-state index contributed by atoms with van der Waals surface area (Å²) >= 11 is 0. The summed E-state index contributed by atoms with van der Waals surface area (Å²) in [5.41, 5.74) is 5.36. The predicted octanol–water partition coefficient (Wildman–Crippen LogP) is 10.8. The first-order valence-corrected chi connectivity index (χ1v) is 23.0. The molecule has 10 heteroatoms. The summed E-state index contributed by atoms with van der Waals surface area (Å²) in [5, 5.41) is 24.0. The first kappa shape index (κ1) is 50.9. The monoisotopic (exact) mass is 759 g/mol. The number of phosphoric ester groups is 1. The SMILES string of the molecule is CCCCCCCC/C=C\C/C=C\C(O)CC(=O)NC(COP(=O)(O)OCCN)C(O)CCCCCCCCCCCCCCCCCCCCC. The van der Waals surface area contributed by atoms with Crippen LogP contribution in [0.25, 0.3) is 0 Å². The topological polar surface area (TPSA) is 151 Å². The van der Waals surface area contributed by atoms with Crippen LogP contribution >= 0.6 is 7.82 Å². The summed E-state index contributed by atoms with van der Waals surface area (Å²) in [6.45, 7) is 3.99. The van der Waals surface area contributed by atoms with Gasteiger partial charge in [0.25, 0.3) is 0 Å². The van der Waals surface area contributed by atoms with E-state index in [2.05, 4.69) is 31.3 Å². The number of hydrogen-bond acceptors (Lipinski definition) is 7. The van der Waals surface area contributed by atoms with Crippen molar-refractivity contribution in [3.63, 3.8) is 0 Å². The Balaban J connectivity index is 4.31. The van der Waals surface area contributed by atoms with E-state index in [0.29, 0.717) is 12.8 Å². The molecule has 4 atom stereocenters. The molecule has 52 heavy (non-hydrogen) atoms. The second-order valence-corrected chi connectivity index (χ2v) is 16.2. The van der Waals surface area contributed by atoms with Crippen LogP contribution in [0.4, 0.5) is 0 Å². The standard InChI is InChI=1S/C42H83N2O7P/c1-3-5-7-9-11-13-15-16-17-18-19-20-21-22-24-26-28-30-32-34-41(46)40(38-51-52(48,49)50-36-35-43)44-42(47)37-39(45)33-31-29-27-25-23-14-12-10-8-6-4-2/h25,27,31,33,39-41,45-46H,3-24,26,28-30,32,34-38,43H2,1-2H3,(H,44,47)(H,48,49)/b27-25-,33-31-. The molecule has 0 saturated heterocycles. The highest BCUT2D eigenvalue weighted by molar-refractivity contribution is 7.47. The van der Waals surface area contributed by atoms with Crippen molar-refractivity contribution in [2.24, 2.45) is 5.73 Å². The lowest BCUT2D eigenvalue weighted by Gasteiger charge is -2.25. The maximum Gasteiger partial charge on any atom is 0.472 e. The Labute approximate surface area is 320 Å². The van der Waals surface area contributed by atoms with E-state index in [1.54, 1.807) is 6.08 Å². The number of aliphatic hydroxyl groups excluding tert-OH is 2. The molecule has 308 valence electrons. The van der Waals surface area contributed by atoms with Crippen LogP contribution in [0.15, 0.2) is 24.3 Å². The van der Waals surface area contributed by atoms with Crippen LogP contribution in [0.3, 0.4) is 0 Å². The summed E-state index contributed by atoms with van der Waals surface area (Å²) in [7, 11) is -4.39. The lowest BCUT2D eigenvalue weighted by Crippen LogP contribution is -2.47. The van der Waals surface area contributed by atoms with Gasteiger partial charge in [0.05, 0.1) is 37.9 Å². The first-order valence-electron chi connectivity index (χ1n) is 21.5. The number of carbonyl (C=O) groups is 1. The van der Waals surface area contributed by atoms with Gasteiger partial charge < -0.3 is 26.2 Å². The van der Waals surface area contributed by atoms with Crippen molar-refractivity contribution in [1.29, 1.82) is 0 Å². The molecule has 0 aromatic rings. The zero-order chi connectivity index (χ0) is 38.4. The van der Waals surface area contributed by atoms with Gasteiger partial charge in [-0.05, 0) is 25.7 Å². The molecule has 0 spiro atoms. The molecule has 0 aliphatic heterocycles. The normalized spacial score (nSPS) is 15.0. The largest absolute Gasteiger partial charge is 0.472 e. The molecule has 0 radical (unpaired) electrons. The fraction of sp³-hybridized carbons (Fsp3) is 0.881. The summed E-state index contributed by atoms with van der Waals surface area (Å²) in [4.78, 5) is 22.7. The molecule has 0 saturated carbocycles. The van der Waals surface area contributed by atoms with Gasteiger partial charge in [-0.25, -0.2) is 4.57 Å². The molecule has 4 unspecified atom stereocenters. The van der Waals surface area contributed by atoms with Crippen molar-refractivity contribution in [2.75, 3.05) is 19.8 Å². The van der Waals surface area contributed by atoms with Gasteiger partial charge in [-0.1, -0.05) is 192 Å². The number of rotatable bonds is 40. The second-order valence-electron chi connectivity index (χ2n) is 14.7. The van der Waals surface area contributed by atoms with Gasteiger partial charge in [-0.3, -0.25) is 13.8 Å². The van der Waals surface area contributed by atoms with Crippen molar-refractivity contribution in [3.05, 3.63) is 24.3 Å². The number of aliphatic hydroxyl groups is 2. The molecule has 0 bridgehead atoms. The summed E-state index contributed by atoms with van der Waals surface area (Å²) in [5.74, 6) is -0.479. The number of unbranched alkanes of at least 4 members (excludes halogenated alkanes) is 24. The molecule has 0 fully saturated rings. The van der Waals surface area contributed by atoms with Gasteiger partial charge in [-0.2, -0.15) is 0 Å².